The van der Waals surface area contributed by atoms with Gasteiger partial charge >= 0.3 is 6.09 Å². The molecule has 4 rings (SSSR count). The van der Waals surface area contributed by atoms with Gasteiger partial charge in [0, 0.05) is 18.1 Å². The second-order valence-corrected chi connectivity index (χ2v) is 7.81. The van der Waals surface area contributed by atoms with E-state index in [2.05, 4.69) is 5.32 Å². The Morgan fingerprint density at radius 2 is 1.96 bits per heavy atom. The Morgan fingerprint density at radius 1 is 1.22 bits per heavy atom. The predicted octanol–water partition coefficient (Wildman–Crippen LogP) is 2.44. The zero-order valence-corrected chi connectivity index (χ0v) is 15.4. The molecule has 1 spiro atoms. The summed E-state index contributed by atoms with van der Waals surface area (Å²) in [6, 6.07) is 8.73. The van der Waals surface area contributed by atoms with Gasteiger partial charge in [-0.05, 0) is 24.1 Å². The number of rotatable bonds is 3. The summed E-state index contributed by atoms with van der Waals surface area (Å²) >= 11 is 1.37. The van der Waals surface area contributed by atoms with Crippen molar-refractivity contribution in [3.8, 4) is 5.75 Å². The third-order valence-electron chi connectivity index (χ3n) is 4.72. The van der Waals surface area contributed by atoms with E-state index in [0.29, 0.717) is 48.8 Å². The quantitative estimate of drug-likeness (QED) is 0.825. The molecular formula is C19H20N2O5S. The van der Waals surface area contributed by atoms with Gasteiger partial charge in [-0.1, -0.05) is 36.0 Å². The van der Waals surface area contributed by atoms with E-state index in [4.69, 9.17) is 19.9 Å². The van der Waals surface area contributed by atoms with E-state index in [-0.39, 0.29) is 5.25 Å². The van der Waals surface area contributed by atoms with Crippen LogP contribution in [-0.4, -0.2) is 36.3 Å². The number of para-hydroxylation sites is 1. The fourth-order valence-electron chi connectivity index (χ4n) is 3.58. The van der Waals surface area contributed by atoms with Gasteiger partial charge in [0.15, 0.2) is 5.79 Å². The fraction of sp³-hybridized carbons (Fsp3) is 0.368. The largest absolute Gasteiger partial charge is 0.417 e. The highest BCUT2D eigenvalue weighted by Crippen LogP contribution is 2.45. The molecule has 2 aliphatic heterocycles. The maximum absolute atomic E-state index is 12.3. The van der Waals surface area contributed by atoms with E-state index >= 15 is 0 Å². The molecule has 27 heavy (non-hydrogen) atoms. The molecule has 142 valence electrons. The number of benzene rings is 1. The molecule has 1 fully saturated rings. The summed E-state index contributed by atoms with van der Waals surface area (Å²) in [7, 11) is 0. The van der Waals surface area contributed by atoms with Crippen LogP contribution in [0.1, 0.15) is 19.3 Å². The SMILES string of the molecule is NC(=O)C1=C(NC(=O)Oc2ccccc2)SC2C=C1CCC1(C2)OCCO1. The van der Waals surface area contributed by atoms with E-state index in [9.17, 15) is 9.59 Å². The Balaban J connectivity index is 1.54. The molecule has 3 N–H and O–H groups in total. The molecule has 8 heteroatoms. The minimum atomic E-state index is -0.662. The molecule has 7 nitrogen and oxygen atoms in total. The predicted molar refractivity (Wildman–Crippen MR) is 99.8 cm³/mol. The number of hydrogen-bond acceptors (Lipinski definition) is 6. The van der Waals surface area contributed by atoms with E-state index < -0.39 is 17.8 Å². The molecule has 1 unspecified atom stereocenters. The highest BCUT2D eigenvalue weighted by atomic mass is 32.2. The minimum absolute atomic E-state index is 0.00993. The van der Waals surface area contributed by atoms with Crippen LogP contribution < -0.4 is 15.8 Å². The van der Waals surface area contributed by atoms with E-state index in [1.165, 1.54) is 11.8 Å². The average Bonchev–Trinajstić information content (AvgIpc) is 3.03. The van der Waals surface area contributed by atoms with Gasteiger partial charge in [-0.2, -0.15) is 0 Å². The molecule has 3 aliphatic rings. The third kappa shape index (κ3) is 3.87. The highest BCUT2D eigenvalue weighted by Gasteiger charge is 2.43. The standard InChI is InChI=1S/C19H20N2O5S/c20-16(22)15-12-6-7-19(24-8-9-25-19)11-14(10-12)27-17(15)21-18(23)26-13-4-2-1-3-5-13/h1-5,10,14H,6-9,11H2,(H2,20,22)(H,21,23). The van der Waals surface area contributed by atoms with Crippen molar-refractivity contribution in [1.29, 1.82) is 0 Å². The van der Waals surface area contributed by atoms with Crippen molar-refractivity contribution < 1.29 is 23.8 Å². The van der Waals surface area contributed by atoms with Gasteiger partial charge in [0.25, 0.3) is 5.91 Å². The van der Waals surface area contributed by atoms with Gasteiger partial charge in [-0.3, -0.25) is 10.1 Å². The monoisotopic (exact) mass is 388 g/mol. The lowest BCUT2D eigenvalue weighted by atomic mass is 10.00. The smallest absolute Gasteiger partial charge is 0.410 e. The molecule has 0 saturated carbocycles. The number of hydrogen-bond donors (Lipinski definition) is 2. The summed E-state index contributed by atoms with van der Waals surface area (Å²) in [4.78, 5) is 24.4. The number of nitrogens with two attached hydrogens (primary N) is 1. The summed E-state index contributed by atoms with van der Waals surface area (Å²) in [5, 5.41) is 3.12. The van der Waals surface area contributed by atoms with Crippen LogP contribution in [0.3, 0.4) is 0 Å². The van der Waals surface area contributed by atoms with Crippen molar-refractivity contribution in [2.75, 3.05) is 13.2 Å². The lowest BCUT2D eigenvalue weighted by molar-refractivity contribution is -0.163. The Labute approximate surface area is 160 Å². The Hall–Kier alpha value is -2.29. The fourth-order valence-corrected chi connectivity index (χ4v) is 4.94. The number of carbonyl (C=O) groups is 2. The number of primary amides is 1. The number of fused-ring (bicyclic) bond motifs is 1. The molecule has 0 radical (unpaired) electrons. The molecule has 2 bridgehead atoms. The van der Waals surface area contributed by atoms with Crippen LogP contribution in [0.25, 0.3) is 0 Å². The van der Waals surface area contributed by atoms with Crippen molar-refractivity contribution in [3.63, 3.8) is 0 Å². The maximum Gasteiger partial charge on any atom is 0.417 e. The number of ether oxygens (including phenoxy) is 3. The number of nitrogens with one attached hydrogen (secondary N) is 1. The van der Waals surface area contributed by atoms with Gasteiger partial charge < -0.3 is 19.9 Å². The molecule has 2 heterocycles. The van der Waals surface area contributed by atoms with Crippen LogP contribution in [-0.2, 0) is 14.3 Å². The number of carbonyl (C=O) groups excluding carboxylic acids is 2. The van der Waals surface area contributed by atoms with Crippen molar-refractivity contribution in [2.45, 2.75) is 30.3 Å². The lowest BCUT2D eigenvalue weighted by Gasteiger charge is -2.28. The highest BCUT2D eigenvalue weighted by molar-refractivity contribution is 8.03. The third-order valence-corrected chi connectivity index (χ3v) is 5.87. The Morgan fingerprint density at radius 3 is 2.67 bits per heavy atom. The van der Waals surface area contributed by atoms with Gasteiger partial charge in [0.1, 0.15) is 5.75 Å². The van der Waals surface area contributed by atoms with Gasteiger partial charge in [0.2, 0.25) is 0 Å². The first kappa shape index (κ1) is 18.1. The molecule has 1 aromatic carbocycles. The minimum Gasteiger partial charge on any atom is -0.410 e. The molecule has 1 atom stereocenters. The van der Waals surface area contributed by atoms with Crippen LogP contribution in [0.5, 0.6) is 5.75 Å². The first-order valence-electron chi connectivity index (χ1n) is 8.78. The summed E-state index contributed by atoms with van der Waals surface area (Å²) in [5.74, 6) is -0.787. The summed E-state index contributed by atoms with van der Waals surface area (Å²) in [5.41, 5.74) is 6.76. The lowest BCUT2D eigenvalue weighted by Crippen LogP contribution is -2.33. The second kappa shape index (κ2) is 7.38. The maximum atomic E-state index is 12.3. The van der Waals surface area contributed by atoms with Crippen LogP contribution in [0, 0.1) is 0 Å². The first-order valence-corrected chi connectivity index (χ1v) is 9.66. The van der Waals surface area contributed by atoms with E-state index in [1.807, 2.05) is 12.1 Å². The molecule has 1 aliphatic carbocycles. The normalized spacial score (nSPS) is 23.6. The average molecular weight is 388 g/mol. The molecular weight excluding hydrogens is 368 g/mol. The van der Waals surface area contributed by atoms with Crippen molar-refractivity contribution in [2.24, 2.45) is 5.73 Å². The van der Waals surface area contributed by atoms with Crippen molar-refractivity contribution in [3.05, 3.63) is 52.6 Å². The zero-order valence-electron chi connectivity index (χ0n) is 14.6. The topological polar surface area (TPSA) is 99.9 Å². The van der Waals surface area contributed by atoms with Gasteiger partial charge in [-0.15, -0.1) is 0 Å². The molecule has 0 aromatic heterocycles. The molecule has 1 aromatic rings. The second-order valence-electron chi connectivity index (χ2n) is 6.56. The summed E-state index contributed by atoms with van der Waals surface area (Å²) < 4.78 is 17.0. The zero-order chi connectivity index (χ0) is 18.9. The summed E-state index contributed by atoms with van der Waals surface area (Å²) in [6.45, 7) is 1.13. The Kier molecular flexibility index (Phi) is 4.94. The molecule has 2 amide bonds. The van der Waals surface area contributed by atoms with E-state index in [1.54, 1.807) is 24.3 Å². The van der Waals surface area contributed by atoms with Crippen LogP contribution in [0.2, 0.25) is 0 Å². The van der Waals surface area contributed by atoms with Gasteiger partial charge in [-0.25, -0.2) is 4.79 Å². The van der Waals surface area contributed by atoms with Crippen molar-refractivity contribution in [1.82, 2.24) is 5.32 Å². The van der Waals surface area contributed by atoms with Crippen LogP contribution in [0.15, 0.2) is 52.6 Å². The first-order chi connectivity index (χ1) is 13.0. The molecule has 1 saturated heterocycles. The van der Waals surface area contributed by atoms with E-state index in [0.717, 1.165) is 5.57 Å². The van der Waals surface area contributed by atoms with Gasteiger partial charge in [0.05, 0.1) is 23.8 Å². The number of thioether (sulfide) groups is 1. The summed E-state index contributed by atoms with van der Waals surface area (Å²) in [6.07, 6.45) is 3.25. The van der Waals surface area contributed by atoms with Crippen molar-refractivity contribution >= 4 is 23.8 Å². The number of amides is 2. The Bertz CT molecular complexity index is 815. The van der Waals surface area contributed by atoms with Crippen LogP contribution in [0.4, 0.5) is 4.79 Å². The van der Waals surface area contributed by atoms with Crippen LogP contribution >= 0.6 is 11.8 Å².